The molecule has 0 amide bonds. The average molecular weight is 277 g/mol. The van der Waals surface area contributed by atoms with Crippen LogP contribution >= 0.6 is 11.3 Å². The van der Waals surface area contributed by atoms with Crippen LogP contribution in [0.2, 0.25) is 0 Å². The van der Waals surface area contributed by atoms with Crippen LogP contribution in [0.1, 0.15) is 37.1 Å². The number of rotatable bonds is 4. The van der Waals surface area contributed by atoms with E-state index in [0.717, 1.165) is 5.56 Å². The molecule has 2 heterocycles. The summed E-state index contributed by atoms with van der Waals surface area (Å²) in [5.41, 5.74) is 8.50. The van der Waals surface area contributed by atoms with E-state index in [4.69, 9.17) is 10.3 Å². The molecule has 0 saturated heterocycles. The van der Waals surface area contributed by atoms with Gasteiger partial charge in [0.05, 0.1) is 0 Å². The predicted molar refractivity (Wildman–Crippen MR) is 76.0 cm³/mol. The first-order valence-corrected chi connectivity index (χ1v) is 7.79. The van der Waals surface area contributed by atoms with Gasteiger partial charge in [-0.2, -0.15) is 16.3 Å². The SMILES string of the molecule is Cc1cscc1-c1noc(CC(N)C2CCCC2)n1. The van der Waals surface area contributed by atoms with Crippen molar-refractivity contribution in [3.05, 3.63) is 22.2 Å². The smallest absolute Gasteiger partial charge is 0.228 e. The fraction of sp³-hybridized carbons (Fsp3) is 0.571. The molecule has 102 valence electrons. The summed E-state index contributed by atoms with van der Waals surface area (Å²) in [4.78, 5) is 4.47. The standard InChI is InChI=1S/C14H19N3OS/c1-9-7-19-8-11(9)14-16-13(18-17-14)6-12(15)10-4-2-3-5-10/h7-8,10,12H,2-6,15H2,1H3. The molecule has 4 nitrogen and oxygen atoms in total. The summed E-state index contributed by atoms with van der Waals surface area (Å²) in [7, 11) is 0. The normalized spacial score (nSPS) is 18.0. The Balaban J connectivity index is 1.69. The zero-order chi connectivity index (χ0) is 13.2. The minimum absolute atomic E-state index is 0.152. The molecule has 2 aromatic heterocycles. The number of aryl methyl sites for hydroxylation is 1. The van der Waals surface area contributed by atoms with Crippen LogP contribution in [0.4, 0.5) is 0 Å². The lowest BCUT2D eigenvalue weighted by atomic mass is 9.96. The number of nitrogens with zero attached hydrogens (tertiary/aromatic N) is 2. The maximum atomic E-state index is 6.24. The maximum absolute atomic E-state index is 6.24. The van der Waals surface area contributed by atoms with E-state index < -0.39 is 0 Å². The van der Waals surface area contributed by atoms with Crippen molar-refractivity contribution in [1.82, 2.24) is 10.1 Å². The molecular weight excluding hydrogens is 258 g/mol. The summed E-state index contributed by atoms with van der Waals surface area (Å²) < 4.78 is 5.34. The average Bonchev–Trinajstić information content (AvgIpc) is 3.08. The predicted octanol–water partition coefficient (Wildman–Crippen LogP) is 3.17. The van der Waals surface area contributed by atoms with E-state index in [1.807, 2.05) is 0 Å². The molecular formula is C14H19N3OS. The largest absolute Gasteiger partial charge is 0.339 e. The van der Waals surface area contributed by atoms with Crippen molar-refractivity contribution in [3.8, 4) is 11.4 Å². The van der Waals surface area contributed by atoms with Gasteiger partial charge in [-0.1, -0.05) is 18.0 Å². The molecule has 1 fully saturated rings. The number of hydrogen-bond acceptors (Lipinski definition) is 5. The van der Waals surface area contributed by atoms with Gasteiger partial charge in [0.2, 0.25) is 11.7 Å². The monoisotopic (exact) mass is 277 g/mol. The maximum Gasteiger partial charge on any atom is 0.228 e. The highest BCUT2D eigenvalue weighted by molar-refractivity contribution is 7.08. The highest BCUT2D eigenvalue weighted by Crippen LogP contribution is 2.29. The first-order valence-electron chi connectivity index (χ1n) is 6.85. The van der Waals surface area contributed by atoms with Gasteiger partial charge in [0.15, 0.2) is 0 Å². The summed E-state index contributed by atoms with van der Waals surface area (Å²) in [6, 6.07) is 0.152. The third-order valence-electron chi connectivity index (χ3n) is 3.98. The first-order chi connectivity index (χ1) is 9.24. The van der Waals surface area contributed by atoms with E-state index in [2.05, 4.69) is 27.8 Å². The zero-order valence-corrected chi connectivity index (χ0v) is 11.9. The van der Waals surface area contributed by atoms with Crippen molar-refractivity contribution in [2.75, 3.05) is 0 Å². The highest BCUT2D eigenvalue weighted by atomic mass is 32.1. The Bertz CT molecular complexity index is 542. The Morgan fingerprint density at radius 1 is 1.42 bits per heavy atom. The lowest BCUT2D eigenvalue weighted by molar-refractivity contribution is 0.341. The molecule has 1 saturated carbocycles. The summed E-state index contributed by atoms with van der Waals surface area (Å²) >= 11 is 1.66. The Morgan fingerprint density at radius 3 is 2.89 bits per heavy atom. The first kappa shape index (κ1) is 12.8. The van der Waals surface area contributed by atoms with Crippen LogP contribution < -0.4 is 5.73 Å². The summed E-state index contributed by atoms with van der Waals surface area (Å²) in [6.07, 6.45) is 5.79. The Morgan fingerprint density at radius 2 is 2.21 bits per heavy atom. The second-order valence-corrected chi connectivity index (χ2v) is 6.14. The van der Waals surface area contributed by atoms with Crippen molar-refractivity contribution in [2.45, 2.75) is 45.1 Å². The third-order valence-corrected chi connectivity index (χ3v) is 4.84. The topological polar surface area (TPSA) is 64.9 Å². The third kappa shape index (κ3) is 2.72. The van der Waals surface area contributed by atoms with Crippen LogP contribution in [0, 0.1) is 12.8 Å². The van der Waals surface area contributed by atoms with Gasteiger partial charge >= 0.3 is 0 Å². The van der Waals surface area contributed by atoms with Gasteiger partial charge < -0.3 is 10.3 Å². The molecule has 1 aliphatic carbocycles. The van der Waals surface area contributed by atoms with Gasteiger partial charge in [0, 0.05) is 23.4 Å². The molecule has 19 heavy (non-hydrogen) atoms. The van der Waals surface area contributed by atoms with E-state index >= 15 is 0 Å². The van der Waals surface area contributed by atoms with Crippen LogP contribution in [0.25, 0.3) is 11.4 Å². The van der Waals surface area contributed by atoms with E-state index in [1.165, 1.54) is 31.2 Å². The summed E-state index contributed by atoms with van der Waals surface area (Å²) in [6.45, 7) is 2.06. The quantitative estimate of drug-likeness (QED) is 0.932. The van der Waals surface area contributed by atoms with Gasteiger partial charge in [-0.3, -0.25) is 0 Å². The van der Waals surface area contributed by atoms with Gasteiger partial charge in [-0.15, -0.1) is 0 Å². The molecule has 2 N–H and O–H groups in total. The van der Waals surface area contributed by atoms with Crippen LogP contribution in [-0.2, 0) is 6.42 Å². The molecule has 2 aromatic rings. The Kier molecular flexibility index (Phi) is 3.66. The second kappa shape index (κ2) is 5.43. The van der Waals surface area contributed by atoms with Gasteiger partial charge in [-0.05, 0) is 36.6 Å². The van der Waals surface area contributed by atoms with Crippen molar-refractivity contribution in [1.29, 1.82) is 0 Å². The minimum Gasteiger partial charge on any atom is -0.339 e. The molecule has 5 heteroatoms. The highest BCUT2D eigenvalue weighted by Gasteiger charge is 2.24. The molecule has 1 aliphatic rings. The van der Waals surface area contributed by atoms with Crippen molar-refractivity contribution < 1.29 is 4.52 Å². The molecule has 0 bridgehead atoms. The molecule has 0 radical (unpaired) electrons. The second-order valence-electron chi connectivity index (χ2n) is 5.39. The van der Waals surface area contributed by atoms with Crippen molar-refractivity contribution in [3.63, 3.8) is 0 Å². The van der Waals surface area contributed by atoms with Crippen LogP contribution in [-0.4, -0.2) is 16.2 Å². The minimum atomic E-state index is 0.152. The number of thiophene rings is 1. The number of aromatic nitrogens is 2. The molecule has 0 aliphatic heterocycles. The molecule has 1 atom stereocenters. The lowest BCUT2D eigenvalue weighted by Gasteiger charge is -2.16. The van der Waals surface area contributed by atoms with Crippen molar-refractivity contribution in [2.24, 2.45) is 11.7 Å². The van der Waals surface area contributed by atoms with Gasteiger partial charge in [-0.25, -0.2) is 0 Å². The van der Waals surface area contributed by atoms with Crippen LogP contribution in [0.15, 0.2) is 15.3 Å². The van der Waals surface area contributed by atoms with Crippen LogP contribution in [0.5, 0.6) is 0 Å². The molecule has 1 unspecified atom stereocenters. The lowest BCUT2D eigenvalue weighted by Crippen LogP contribution is -2.30. The van der Waals surface area contributed by atoms with Crippen LogP contribution in [0.3, 0.4) is 0 Å². The molecule has 0 aromatic carbocycles. The summed E-state index contributed by atoms with van der Waals surface area (Å²) in [5, 5.41) is 8.21. The molecule has 3 rings (SSSR count). The fourth-order valence-corrected chi connectivity index (χ4v) is 3.62. The van der Waals surface area contributed by atoms with Crippen molar-refractivity contribution >= 4 is 11.3 Å². The summed E-state index contributed by atoms with van der Waals surface area (Å²) in [5.74, 6) is 1.98. The number of hydrogen-bond donors (Lipinski definition) is 1. The Hall–Kier alpha value is -1.20. The molecule has 0 spiro atoms. The zero-order valence-electron chi connectivity index (χ0n) is 11.1. The fourth-order valence-electron chi connectivity index (χ4n) is 2.79. The van der Waals surface area contributed by atoms with E-state index in [9.17, 15) is 0 Å². The van der Waals surface area contributed by atoms with Gasteiger partial charge in [0.25, 0.3) is 0 Å². The van der Waals surface area contributed by atoms with E-state index in [0.29, 0.717) is 24.1 Å². The van der Waals surface area contributed by atoms with E-state index in [-0.39, 0.29) is 6.04 Å². The van der Waals surface area contributed by atoms with E-state index in [1.54, 1.807) is 11.3 Å². The van der Waals surface area contributed by atoms with Gasteiger partial charge in [0.1, 0.15) is 0 Å². The number of nitrogens with two attached hydrogens (primary N) is 1. The Labute approximate surface area is 117 Å².